The Morgan fingerprint density at radius 2 is 1.84 bits per heavy atom. The number of Topliss-reactive ketones (excluding diaryl/α,β-unsaturated/α-hetero) is 2. The molecule has 0 aliphatic carbocycles. The maximum absolute atomic E-state index is 14.5. The van der Waals surface area contributed by atoms with Gasteiger partial charge in [-0.25, -0.2) is 13.8 Å². The molecule has 3 aromatic heterocycles. The van der Waals surface area contributed by atoms with Crippen molar-refractivity contribution in [1.82, 2.24) is 24.1 Å². The van der Waals surface area contributed by atoms with Gasteiger partial charge >= 0.3 is 5.69 Å². The maximum Gasteiger partial charge on any atom is 0.333 e. The van der Waals surface area contributed by atoms with Crippen LogP contribution in [0, 0.1) is 18.7 Å². The van der Waals surface area contributed by atoms with Crippen molar-refractivity contribution in [2.24, 2.45) is 5.92 Å². The third kappa shape index (κ3) is 6.42. The van der Waals surface area contributed by atoms with Crippen molar-refractivity contribution in [3.63, 3.8) is 0 Å². The van der Waals surface area contributed by atoms with Gasteiger partial charge in [-0.2, -0.15) is 10.2 Å². The fourth-order valence-corrected chi connectivity index (χ4v) is 6.22. The molecule has 3 heterocycles. The minimum atomic E-state index is -1.51. The van der Waals surface area contributed by atoms with Gasteiger partial charge in [0, 0.05) is 24.0 Å². The van der Waals surface area contributed by atoms with Gasteiger partial charge in [0.05, 0.1) is 38.0 Å². The Bertz CT molecular complexity index is 1790. The molecule has 1 N–H and O–H groups in total. The van der Waals surface area contributed by atoms with Crippen molar-refractivity contribution in [3.05, 3.63) is 68.4 Å². The molecular weight excluding hydrogens is 593 g/mol. The van der Waals surface area contributed by atoms with Crippen LogP contribution in [0.25, 0.3) is 15.2 Å². The van der Waals surface area contributed by atoms with E-state index in [1.165, 1.54) is 47.1 Å². The number of halogens is 1. The number of benzene rings is 1. The number of carbonyl (C=O) groups is 2. The summed E-state index contributed by atoms with van der Waals surface area (Å²) in [7, 11) is 1.41. The van der Waals surface area contributed by atoms with Crippen molar-refractivity contribution in [1.29, 1.82) is 0 Å². The van der Waals surface area contributed by atoms with Crippen molar-refractivity contribution >= 4 is 33.1 Å². The summed E-state index contributed by atoms with van der Waals surface area (Å²) in [5.74, 6) is -1.06. The molecule has 0 saturated carbocycles. The van der Waals surface area contributed by atoms with Crippen LogP contribution in [0.1, 0.15) is 57.8 Å². The average Bonchev–Trinajstić information content (AvgIpc) is 3.61. The fourth-order valence-electron chi connectivity index (χ4n) is 5.00. The van der Waals surface area contributed by atoms with E-state index in [4.69, 9.17) is 9.47 Å². The average molecular weight is 630 g/mol. The maximum atomic E-state index is 14.5. The molecule has 12 nitrogen and oxygen atoms in total. The SMILES string of the molecule is COc1ccc(F)cc1[C@H](Cn1c(=O)n(C(C)(C)C(=O)CC(C)C)c(=O)c2c(C)c(-n3nccn3)sc21)OCCC(=O)CO. The summed E-state index contributed by atoms with van der Waals surface area (Å²) in [5, 5.41) is 18.3. The van der Waals surface area contributed by atoms with Gasteiger partial charge in [0.15, 0.2) is 11.6 Å². The predicted molar refractivity (Wildman–Crippen MR) is 162 cm³/mol. The molecule has 0 spiro atoms. The molecule has 0 aliphatic rings. The molecule has 0 unspecified atom stereocenters. The normalized spacial score (nSPS) is 12.7. The lowest BCUT2D eigenvalue weighted by Gasteiger charge is -2.28. The highest BCUT2D eigenvalue weighted by Crippen LogP contribution is 2.34. The van der Waals surface area contributed by atoms with Gasteiger partial charge in [-0.1, -0.05) is 25.2 Å². The lowest BCUT2D eigenvalue weighted by atomic mass is 9.91. The highest BCUT2D eigenvalue weighted by atomic mass is 32.1. The van der Waals surface area contributed by atoms with Crippen LogP contribution in [-0.4, -0.2) is 61.1 Å². The van der Waals surface area contributed by atoms with E-state index in [1.54, 1.807) is 20.8 Å². The lowest BCUT2D eigenvalue weighted by Crippen LogP contribution is -2.53. The Kier molecular flexibility index (Phi) is 9.96. The van der Waals surface area contributed by atoms with Gasteiger partial charge in [-0.05, 0) is 44.9 Å². The van der Waals surface area contributed by atoms with E-state index < -0.39 is 41.1 Å². The van der Waals surface area contributed by atoms with Gasteiger partial charge in [0.25, 0.3) is 5.56 Å². The fraction of sp³-hybridized carbons (Fsp3) is 0.467. The van der Waals surface area contributed by atoms with Crippen LogP contribution in [0.4, 0.5) is 4.39 Å². The summed E-state index contributed by atoms with van der Waals surface area (Å²) in [4.78, 5) is 55.4. The summed E-state index contributed by atoms with van der Waals surface area (Å²) in [6, 6.07) is 3.85. The molecule has 0 aliphatic heterocycles. The number of aryl methyl sites for hydroxylation is 1. The number of aromatic nitrogens is 5. The number of aliphatic hydroxyl groups excluding tert-OH is 1. The number of carbonyl (C=O) groups excluding carboxylic acids is 2. The lowest BCUT2D eigenvalue weighted by molar-refractivity contribution is -0.127. The smallest absolute Gasteiger partial charge is 0.333 e. The third-order valence-corrected chi connectivity index (χ3v) is 8.67. The summed E-state index contributed by atoms with van der Waals surface area (Å²) >= 11 is 1.11. The second-order valence-electron chi connectivity index (χ2n) is 11.3. The molecule has 236 valence electrons. The van der Waals surface area contributed by atoms with E-state index in [0.29, 0.717) is 10.6 Å². The molecule has 0 amide bonds. The van der Waals surface area contributed by atoms with E-state index >= 15 is 0 Å². The summed E-state index contributed by atoms with van der Waals surface area (Å²) < 4.78 is 28.3. The first-order chi connectivity index (χ1) is 20.8. The Morgan fingerprint density at radius 1 is 1.16 bits per heavy atom. The first-order valence-corrected chi connectivity index (χ1v) is 14.9. The monoisotopic (exact) mass is 629 g/mol. The highest BCUT2D eigenvalue weighted by molar-refractivity contribution is 7.21. The molecule has 0 saturated heterocycles. The number of ether oxygens (including phenoxy) is 2. The van der Waals surface area contributed by atoms with E-state index in [9.17, 15) is 28.7 Å². The van der Waals surface area contributed by atoms with Gasteiger partial charge in [0.2, 0.25) is 0 Å². The van der Waals surface area contributed by atoms with Crippen LogP contribution in [0.2, 0.25) is 0 Å². The first kappa shape index (κ1) is 32.9. The molecule has 0 fully saturated rings. The van der Waals surface area contributed by atoms with E-state index in [0.717, 1.165) is 15.9 Å². The third-order valence-electron chi connectivity index (χ3n) is 7.39. The number of nitrogens with zero attached hydrogens (tertiary/aromatic N) is 5. The predicted octanol–water partition coefficient (Wildman–Crippen LogP) is 3.32. The number of ketones is 2. The van der Waals surface area contributed by atoms with Crippen LogP contribution in [0.3, 0.4) is 0 Å². The standard InChI is InChI=1S/C30H36FN5O7S/c1-17(2)13-24(39)30(4,5)35-26(40)25-18(3)27(36-32-10-11-33-36)44-28(25)34(29(35)41)15-23(43-12-9-20(38)16-37)21-14-19(31)7-8-22(21)42-6/h7-8,10-11,14,17,23,37H,9,12-13,15-16H2,1-6H3/t23-/m0/s1. The molecule has 1 atom stereocenters. The Labute approximate surface area is 256 Å². The van der Waals surface area contributed by atoms with E-state index in [2.05, 4.69) is 10.2 Å². The van der Waals surface area contributed by atoms with Gasteiger partial charge in [-0.3, -0.25) is 19.0 Å². The van der Waals surface area contributed by atoms with Gasteiger partial charge in [0.1, 0.15) is 39.6 Å². The number of methoxy groups -OCH3 is 1. The summed E-state index contributed by atoms with van der Waals surface area (Å²) in [6.07, 6.45) is 1.95. The number of thiophene rings is 1. The van der Waals surface area contributed by atoms with Crippen LogP contribution < -0.4 is 16.0 Å². The Morgan fingerprint density at radius 3 is 2.45 bits per heavy atom. The minimum absolute atomic E-state index is 0.0105. The van der Waals surface area contributed by atoms with Crippen LogP contribution in [0.5, 0.6) is 5.75 Å². The van der Waals surface area contributed by atoms with Gasteiger partial charge < -0.3 is 14.6 Å². The zero-order valence-corrected chi connectivity index (χ0v) is 26.3. The van der Waals surface area contributed by atoms with Crippen LogP contribution in [0.15, 0.2) is 40.2 Å². The number of fused-ring (bicyclic) bond motifs is 1. The molecule has 0 bridgehead atoms. The van der Waals surface area contributed by atoms with E-state index in [1.807, 2.05) is 13.8 Å². The summed E-state index contributed by atoms with van der Waals surface area (Å²) in [6.45, 7) is 7.50. The molecule has 14 heteroatoms. The topological polar surface area (TPSA) is 148 Å². The zero-order chi connectivity index (χ0) is 32.3. The number of rotatable bonds is 14. The quantitative estimate of drug-likeness (QED) is 0.222. The minimum Gasteiger partial charge on any atom is -0.496 e. The van der Waals surface area contributed by atoms with Crippen molar-refractivity contribution in [2.45, 2.75) is 65.6 Å². The molecule has 4 rings (SSSR count). The molecule has 0 radical (unpaired) electrons. The zero-order valence-electron chi connectivity index (χ0n) is 25.5. The van der Waals surface area contributed by atoms with E-state index in [-0.39, 0.29) is 59.2 Å². The Balaban J connectivity index is 2.00. The second kappa shape index (κ2) is 13.3. The second-order valence-corrected chi connectivity index (χ2v) is 12.3. The molecule has 4 aromatic rings. The number of hydrogen-bond donors (Lipinski definition) is 1. The summed E-state index contributed by atoms with van der Waals surface area (Å²) in [5.41, 5.74) is -2.13. The van der Waals surface area contributed by atoms with Crippen molar-refractivity contribution in [3.8, 4) is 10.8 Å². The molecular formula is C30H36FN5O7S. The van der Waals surface area contributed by atoms with Crippen LogP contribution >= 0.6 is 11.3 Å². The largest absolute Gasteiger partial charge is 0.496 e. The van der Waals surface area contributed by atoms with Gasteiger partial charge in [-0.15, -0.1) is 4.80 Å². The molecule has 44 heavy (non-hydrogen) atoms. The van der Waals surface area contributed by atoms with Crippen molar-refractivity contribution < 1.29 is 28.6 Å². The van der Waals surface area contributed by atoms with Crippen molar-refractivity contribution in [2.75, 3.05) is 20.3 Å². The first-order valence-electron chi connectivity index (χ1n) is 14.1. The highest BCUT2D eigenvalue weighted by Gasteiger charge is 2.36. The number of hydrogen-bond acceptors (Lipinski definition) is 10. The Hall–Kier alpha value is -4.01. The number of aliphatic hydroxyl groups is 1. The van der Waals surface area contributed by atoms with Crippen LogP contribution in [-0.2, 0) is 26.4 Å². The molecule has 1 aromatic carbocycles.